The molecule has 1 saturated heterocycles. The van der Waals surface area contributed by atoms with E-state index in [1.54, 1.807) is 12.3 Å². The first-order chi connectivity index (χ1) is 10.6. The summed E-state index contributed by atoms with van der Waals surface area (Å²) in [5.41, 5.74) is 0.508. The summed E-state index contributed by atoms with van der Waals surface area (Å²) in [6.45, 7) is 5.04. The monoisotopic (exact) mass is 324 g/mol. The van der Waals surface area contributed by atoms with Crippen molar-refractivity contribution in [2.24, 2.45) is 0 Å². The molecule has 0 spiro atoms. The Bertz CT molecular complexity index is 564. The van der Waals surface area contributed by atoms with Crippen LogP contribution in [-0.2, 0) is 4.74 Å². The number of carbonyl (C=O) groups is 1. The average molecular weight is 325 g/mol. The van der Waals surface area contributed by atoms with Gasteiger partial charge >= 0.3 is 0 Å². The van der Waals surface area contributed by atoms with Gasteiger partial charge < -0.3 is 14.4 Å². The molecule has 22 heavy (non-hydrogen) atoms. The van der Waals surface area contributed by atoms with Crippen molar-refractivity contribution in [1.29, 1.82) is 0 Å². The zero-order valence-corrected chi connectivity index (χ0v) is 13.7. The molecule has 0 bridgehead atoms. The Morgan fingerprint density at radius 3 is 3.05 bits per heavy atom. The molecule has 2 aliphatic rings. The van der Waals surface area contributed by atoms with Crippen molar-refractivity contribution >= 4 is 17.5 Å². The number of fused-ring (bicyclic) bond motifs is 1. The number of hydrogen-bond donors (Lipinski definition) is 0. The Hall–Kier alpha value is -1.33. The maximum atomic E-state index is 12.8. The highest BCUT2D eigenvalue weighted by Crippen LogP contribution is 2.31. The van der Waals surface area contributed by atoms with Crippen molar-refractivity contribution < 1.29 is 14.3 Å². The van der Waals surface area contributed by atoms with Gasteiger partial charge in [0, 0.05) is 12.7 Å². The maximum absolute atomic E-state index is 12.8. The molecule has 1 amide bonds. The number of halogens is 1. The lowest BCUT2D eigenvalue weighted by molar-refractivity contribution is -0.0445. The smallest absolute Gasteiger partial charge is 0.255 e. The zero-order chi connectivity index (χ0) is 15.7. The van der Waals surface area contributed by atoms with E-state index in [4.69, 9.17) is 21.1 Å². The van der Waals surface area contributed by atoms with Gasteiger partial charge in [0.1, 0.15) is 5.02 Å². The largest absolute Gasteiger partial charge is 0.474 e. The SMILES string of the molecule is CC(C)Oc1ncc(C(=O)N2CCO[C@H]3CCC[C@H]32)cc1Cl. The van der Waals surface area contributed by atoms with Gasteiger partial charge in [-0.1, -0.05) is 11.6 Å². The average Bonchev–Trinajstić information content (AvgIpc) is 2.96. The molecule has 0 unspecified atom stereocenters. The summed E-state index contributed by atoms with van der Waals surface area (Å²) in [6.07, 6.45) is 4.88. The van der Waals surface area contributed by atoms with Crippen LogP contribution in [0.1, 0.15) is 43.5 Å². The highest BCUT2D eigenvalue weighted by atomic mass is 35.5. The molecule has 6 heteroatoms. The topological polar surface area (TPSA) is 51.7 Å². The Morgan fingerprint density at radius 1 is 1.50 bits per heavy atom. The third kappa shape index (κ3) is 3.06. The molecule has 1 saturated carbocycles. The van der Waals surface area contributed by atoms with Gasteiger partial charge in [0.05, 0.1) is 30.4 Å². The summed E-state index contributed by atoms with van der Waals surface area (Å²) >= 11 is 6.18. The van der Waals surface area contributed by atoms with Crippen LogP contribution in [0.5, 0.6) is 5.88 Å². The van der Waals surface area contributed by atoms with E-state index in [1.165, 1.54) is 0 Å². The highest BCUT2D eigenvalue weighted by Gasteiger charge is 2.38. The Morgan fingerprint density at radius 2 is 2.32 bits per heavy atom. The van der Waals surface area contributed by atoms with Gasteiger partial charge in [0.2, 0.25) is 5.88 Å². The van der Waals surface area contributed by atoms with Crippen LogP contribution in [0.15, 0.2) is 12.3 Å². The molecule has 1 aromatic heterocycles. The van der Waals surface area contributed by atoms with E-state index >= 15 is 0 Å². The van der Waals surface area contributed by atoms with Crippen LogP contribution in [0.4, 0.5) is 0 Å². The lowest BCUT2D eigenvalue weighted by Crippen LogP contribution is -2.51. The molecule has 1 aliphatic heterocycles. The van der Waals surface area contributed by atoms with Crippen LogP contribution in [-0.4, -0.2) is 47.2 Å². The number of morpholine rings is 1. The highest BCUT2D eigenvalue weighted by molar-refractivity contribution is 6.32. The molecule has 1 aliphatic carbocycles. The van der Waals surface area contributed by atoms with E-state index in [9.17, 15) is 4.79 Å². The van der Waals surface area contributed by atoms with Gasteiger partial charge in [-0.05, 0) is 39.2 Å². The van der Waals surface area contributed by atoms with Crippen LogP contribution in [0.25, 0.3) is 0 Å². The van der Waals surface area contributed by atoms with Crippen molar-refractivity contribution in [2.45, 2.75) is 51.4 Å². The number of nitrogens with zero attached hydrogens (tertiary/aromatic N) is 2. The molecule has 2 heterocycles. The minimum Gasteiger partial charge on any atom is -0.474 e. The Labute approximate surface area is 135 Å². The summed E-state index contributed by atoms with van der Waals surface area (Å²) < 4.78 is 11.3. The fraction of sp³-hybridized carbons (Fsp3) is 0.625. The van der Waals surface area contributed by atoms with E-state index in [-0.39, 0.29) is 24.2 Å². The lowest BCUT2D eigenvalue weighted by Gasteiger charge is -2.37. The van der Waals surface area contributed by atoms with Gasteiger partial charge in [0.25, 0.3) is 5.91 Å². The van der Waals surface area contributed by atoms with E-state index in [0.717, 1.165) is 19.3 Å². The van der Waals surface area contributed by atoms with Crippen molar-refractivity contribution in [1.82, 2.24) is 9.88 Å². The van der Waals surface area contributed by atoms with Gasteiger partial charge in [0.15, 0.2) is 0 Å². The molecule has 0 N–H and O–H groups in total. The van der Waals surface area contributed by atoms with Crippen molar-refractivity contribution in [3.8, 4) is 5.88 Å². The predicted octanol–water partition coefficient (Wildman–Crippen LogP) is 2.92. The lowest BCUT2D eigenvalue weighted by atomic mass is 10.1. The summed E-state index contributed by atoms with van der Waals surface area (Å²) in [7, 11) is 0. The first-order valence-electron chi connectivity index (χ1n) is 7.81. The molecule has 3 rings (SSSR count). The number of amides is 1. The first kappa shape index (κ1) is 15.6. The number of pyridine rings is 1. The normalized spacial score (nSPS) is 24.5. The van der Waals surface area contributed by atoms with E-state index in [0.29, 0.717) is 29.6 Å². The van der Waals surface area contributed by atoms with Gasteiger partial charge in [-0.3, -0.25) is 4.79 Å². The van der Waals surface area contributed by atoms with Crippen LogP contribution in [0.2, 0.25) is 5.02 Å². The molecule has 0 radical (unpaired) electrons. The zero-order valence-electron chi connectivity index (χ0n) is 12.9. The Kier molecular flexibility index (Phi) is 4.54. The van der Waals surface area contributed by atoms with Crippen LogP contribution in [0, 0.1) is 0 Å². The Balaban J connectivity index is 1.78. The maximum Gasteiger partial charge on any atom is 0.255 e. The predicted molar refractivity (Wildman–Crippen MR) is 83.4 cm³/mol. The van der Waals surface area contributed by atoms with Gasteiger partial charge in [-0.25, -0.2) is 4.98 Å². The molecule has 1 aromatic rings. The van der Waals surface area contributed by atoms with Crippen LogP contribution < -0.4 is 4.74 Å². The number of hydrogen-bond acceptors (Lipinski definition) is 4. The molecule has 120 valence electrons. The van der Waals surface area contributed by atoms with Crippen LogP contribution >= 0.6 is 11.6 Å². The minimum absolute atomic E-state index is 0.00922. The second-order valence-corrected chi connectivity index (χ2v) is 6.49. The molecule has 2 fully saturated rings. The number of aromatic nitrogens is 1. The third-order valence-corrected chi connectivity index (χ3v) is 4.42. The second kappa shape index (κ2) is 6.42. The fourth-order valence-corrected chi connectivity index (χ4v) is 3.41. The van der Waals surface area contributed by atoms with Crippen molar-refractivity contribution in [3.63, 3.8) is 0 Å². The number of carbonyl (C=O) groups excluding carboxylic acids is 1. The second-order valence-electron chi connectivity index (χ2n) is 6.08. The molecular weight excluding hydrogens is 304 g/mol. The summed E-state index contributed by atoms with van der Waals surface area (Å²) in [6, 6.07) is 1.83. The van der Waals surface area contributed by atoms with Gasteiger partial charge in [-0.15, -0.1) is 0 Å². The van der Waals surface area contributed by atoms with Crippen molar-refractivity contribution in [3.05, 3.63) is 22.8 Å². The molecule has 2 atom stereocenters. The summed E-state index contributed by atoms with van der Waals surface area (Å²) in [5.74, 6) is 0.347. The quantitative estimate of drug-likeness (QED) is 0.858. The minimum atomic E-state index is -0.0225. The standard InChI is InChI=1S/C16H21ClN2O3/c1-10(2)22-15-12(17)8-11(9-18-15)16(20)19-6-7-21-14-5-3-4-13(14)19/h8-10,13-14H,3-7H2,1-2H3/t13-,14+/m1/s1. The number of rotatable bonds is 3. The van der Waals surface area contributed by atoms with Crippen molar-refractivity contribution in [2.75, 3.05) is 13.2 Å². The molecule has 5 nitrogen and oxygen atoms in total. The van der Waals surface area contributed by atoms with Gasteiger partial charge in [-0.2, -0.15) is 0 Å². The van der Waals surface area contributed by atoms with E-state index in [1.807, 2.05) is 18.7 Å². The van der Waals surface area contributed by atoms with E-state index in [2.05, 4.69) is 4.98 Å². The first-order valence-corrected chi connectivity index (χ1v) is 8.19. The molecule has 0 aromatic carbocycles. The summed E-state index contributed by atoms with van der Waals surface area (Å²) in [4.78, 5) is 18.9. The third-order valence-electron chi connectivity index (χ3n) is 4.14. The fourth-order valence-electron chi connectivity index (χ4n) is 3.20. The van der Waals surface area contributed by atoms with E-state index < -0.39 is 0 Å². The summed E-state index contributed by atoms with van der Waals surface area (Å²) in [5, 5.41) is 0.371. The molecular formula is C16H21ClN2O3. The number of ether oxygens (including phenoxy) is 2. The van der Waals surface area contributed by atoms with Crippen LogP contribution in [0.3, 0.4) is 0 Å².